The number of para-hydroxylation sites is 1. The molecule has 2 aromatic rings. The third-order valence-electron chi connectivity index (χ3n) is 4.75. The van der Waals surface area contributed by atoms with Gasteiger partial charge in [0.05, 0.1) is 11.9 Å². The second-order valence-corrected chi connectivity index (χ2v) is 9.21. The second-order valence-electron chi connectivity index (χ2n) is 7.30. The van der Waals surface area contributed by atoms with Crippen LogP contribution in [0.5, 0.6) is 0 Å². The monoisotopic (exact) mass is 449 g/mol. The Bertz CT molecular complexity index is 1040. The SMILES string of the molecule is CCNC(=O)[C@@H](C)N(Cc1cccc(C)c1)C(=O)CN(c1ccccc1F)S(C)(=O)=O. The maximum absolute atomic E-state index is 14.3. The summed E-state index contributed by atoms with van der Waals surface area (Å²) in [6.45, 7) is 5.11. The standard InChI is InChI=1S/C22H28FN3O4S/c1-5-24-22(28)17(3)25(14-18-10-8-9-16(2)13-18)21(27)15-26(31(4,29)30)20-12-7-6-11-19(20)23/h6-13,17H,5,14-15H2,1-4H3,(H,24,28)/t17-/m1/s1. The van der Waals surface area contributed by atoms with Gasteiger partial charge in [-0.25, -0.2) is 12.8 Å². The van der Waals surface area contributed by atoms with Crippen molar-refractivity contribution in [1.82, 2.24) is 10.2 Å². The number of aryl methyl sites for hydroxylation is 1. The van der Waals surface area contributed by atoms with Gasteiger partial charge in [-0.15, -0.1) is 0 Å². The second kappa shape index (κ2) is 10.4. The van der Waals surface area contributed by atoms with Crippen molar-refractivity contribution in [3.05, 3.63) is 65.5 Å². The number of carbonyl (C=O) groups is 2. The Kier molecular flexibility index (Phi) is 8.15. The lowest BCUT2D eigenvalue weighted by Crippen LogP contribution is -2.51. The van der Waals surface area contributed by atoms with E-state index in [1.807, 2.05) is 31.2 Å². The zero-order chi connectivity index (χ0) is 23.2. The van der Waals surface area contributed by atoms with E-state index in [1.165, 1.54) is 23.1 Å². The average Bonchev–Trinajstić information content (AvgIpc) is 2.69. The molecule has 1 N–H and O–H groups in total. The number of nitrogens with zero attached hydrogens (tertiary/aromatic N) is 2. The van der Waals surface area contributed by atoms with E-state index in [9.17, 15) is 22.4 Å². The molecule has 0 radical (unpaired) electrons. The summed E-state index contributed by atoms with van der Waals surface area (Å²) in [6.07, 6.45) is 0.908. The van der Waals surface area contributed by atoms with Crippen LogP contribution in [0.3, 0.4) is 0 Å². The predicted octanol–water partition coefficient (Wildman–Crippen LogP) is 2.45. The normalized spacial score (nSPS) is 12.2. The first-order chi connectivity index (χ1) is 14.5. The molecule has 0 saturated carbocycles. The van der Waals surface area contributed by atoms with E-state index >= 15 is 0 Å². The number of sulfonamides is 1. The molecule has 2 rings (SSSR count). The van der Waals surface area contributed by atoms with Gasteiger partial charge < -0.3 is 10.2 Å². The molecule has 0 fully saturated rings. The molecule has 0 aromatic heterocycles. The highest BCUT2D eigenvalue weighted by Gasteiger charge is 2.30. The topological polar surface area (TPSA) is 86.8 Å². The maximum atomic E-state index is 14.3. The van der Waals surface area contributed by atoms with Crippen molar-refractivity contribution in [2.24, 2.45) is 0 Å². The molecule has 2 amide bonds. The third kappa shape index (κ3) is 6.52. The predicted molar refractivity (Wildman–Crippen MR) is 118 cm³/mol. The van der Waals surface area contributed by atoms with E-state index in [-0.39, 0.29) is 18.1 Å². The Balaban J connectivity index is 2.40. The zero-order valence-corrected chi connectivity index (χ0v) is 18.9. The summed E-state index contributed by atoms with van der Waals surface area (Å²) < 4.78 is 39.7. The number of nitrogens with one attached hydrogen (secondary N) is 1. The summed E-state index contributed by atoms with van der Waals surface area (Å²) in [5, 5.41) is 2.68. The van der Waals surface area contributed by atoms with Crippen LogP contribution in [0.4, 0.5) is 10.1 Å². The summed E-state index contributed by atoms with van der Waals surface area (Å²) >= 11 is 0. The number of amides is 2. The molecule has 31 heavy (non-hydrogen) atoms. The van der Waals surface area contributed by atoms with Crippen LogP contribution < -0.4 is 9.62 Å². The number of likely N-dealkylation sites (N-methyl/N-ethyl adjacent to an activating group) is 1. The first-order valence-corrected chi connectivity index (χ1v) is 11.7. The quantitative estimate of drug-likeness (QED) is 0.637. The highest BCUT2D eigenvalue weighted by Crippen LogP contribution is 2.22. The number of halogens is 1. The van der Waals surface area contributed by atoms with Gasteiger partial charge in [-0.1, -0.05) is 42.0 Å². The molecule has 2 aromatic carbocycles. The highest BCUT2D eigenvalue weighted by molar-refractivity contribution is 7.92. The minimum absolute atomic E-state index is 0.105. The molecule has 1 atom stereocenters. The number of anilines is 1. The molecule has 0 spiro atoms. The molecule has 0 unspecified atom stereocenters. The molecule has 0 heterocycles. The fraction of sp³-hybridized carbons (Fsp3) is 0.364. The van der Waals surface area contributed by atoms with Crippen LogP contribution in [-0.4, -0.2) is 50.5 Å². The van der Waals surface area contributed by atoms with Gasteiger partial charge in [0.2, 0.25) is 21.8 Å². The Morgan fingerprint density at radius 3 is 2.39 bits per heavy atom. The Hall–Kier alpha value is -2.94. The molecule has 0 bridgehead atoms. The van der Waals surface area contributed by atoms with Crippen molar-refractivity contribution in [3.8, 4) is 0 Å². The Morgan fingerprint density at radius 1 is 1.13 bits per heavy atom. The van der Waals surface area contributed by atoms with Crippen LogP contribution in [0.25, 0.3) is 0 Å². The minimum atomic E-state index is -3.96. The smallest absolute Gasteiger partial charge is 0.244 e. The van der Waals surface area contributed by atoms with E-state index in [2.05, 4.69) is 5.32 Å². The van der Waals surface area contributed by atoms with E-state index in [1.54, 1.807) is 13.8 Å². The van der Waals surface area contributed by atoms with Gasteiger partial charge >= 0.3 is 0 Å². The first kappa shape index (κ1) is 24.3. The number of rotatable bonds is 9. The van der Waals surface area contributed by atoms with Crippen LogP contribution in [0.2, 0.25) is 0 Å². The summed E-state index contributed by atoms with van der Waals surface area (Å²) in [7, 11) is -3.96. The van der Waals surface area contributed by atoms with Crippen LogP contribution in [0, 0.1) is 12.7 Å². The maximum Gasteiger partial charge on any atom is 0.244 e. The van der Waals surface area contributed by atoms with Crippen molar-refractivity contribution in [2.75, 3.05) is 23.7 Å². The van der Waals surface area contributed by atoms with Gasteiger partial charge in [-0.2, -0.15) is 0 Å². The average molecular weight is 450 g/mol. The van der Waals surface area contributed by atoms with E-state index in [0.29, 0.717) is 6.54 Å². The molecule has 0 aliphatic heterocycles. The van der Waals surface area contributed by atoms with E-state index in [4.69, 9.17) is 0 Å². The van der Waals surface area contributed by atoms with Crippen LogP contribution in [0.1, 0.15) is 25.0 Å². The number of hydrogen-bond acceptors (Lipinski definition) is 4. The molecule has 168 valence electrons. The van der Waals surface area contributed by atoms with Gasteiger partial charge in [0.1, 0.15) is 18.4 Å². The molecule has 0 aliphatic rings. The summed E-state index contributed by atoms with van der Waals surface area (Å²) in [4.78, 5) is 27.0. The van der Waals surface area contributed by atoms with Gasteiger partial charge in [0.15, 0.2) is 0 Å². The fourth-order valence-corrected chi connectivity index (χ4v) is 4.01. The summed E-state index contributed by atoms with van der Waals surface area (Å²) in [5.41, 5.74) is 1.56. The van der Waals surface area contributed by atoms with Crippen molar-refractivity contribution >= 4 is 27.5 Å². The highest BCUT2D eigenvalue weighted by atomic mass is 32.2. The van der Waals surface area contributed by atoms with Crippen molar-refractivity contribution in [2.45, 2.75) is 33.4 Å². The fourth-order valence-electron chi connectivity index (χ4n) is 3.16. The first-order valence-electron chi connectivity index (χ1n) is 9.89. The molecule has 0 aliphatic carbocycles. The van der Waals surface area contributed by atoms with Gasteiger partial charge in [0.25, 0.3) is 0 Å². The lowest BCUT2D eigenvalue weighted by atomic mass is 10.1. The third-order valence-corrected chi connectivity index (χ3v) is 5.88. The molecule has 7 nitrogen and oxygen atoms in total. The largest absolute Gasteiger partial charge is 0.355 e. The van der Waals surface area contributed by atoms with E-state index < -0.39 is 34.3 Å². The van der Waals surface area contributed by atoms with Crippen LogP contribution >= 0.6 is 0 Å². The lowest BCUT2D eigenvalue weighted by Gasteiger charge is -2.31. The number of benzene rings is 2. The van der Waals surface area contributed by atoms with Gasteiger partial charge in [-0.05, 0) is 38.5 Å². The molecular formula is C22H28FN3O4S. The van der Waals surface area contributed by atoms with Crippen LogP contribution in [0.15, 0.2) is 48.5 Å². The number of carbonyl (C=O) groups excluding carboxylic acids is 2. The van der Waals surface area contributed by atoms with Gasteiger partial charge in [-0.3, -0.25) is 13.9 Å². The van der Waals surface area contributed by atoms with Crippen molar-refractivity contribution in [3.63, 3.8) is 0 Å². The molecule has 0 saturated heterocycles. The van der Waals surface area contributed by atoms with Crippen LogP contribution in [-0.2, 0) is 26.2 Å². The lowest BCUT2D eigenvalue weighted by molar-refractivity contribution is -0.139. The van der Waals surface area contributed by atoms with Crippen molar-refractivity contribution in [1.29, 1.82) is 0 Å². The minimum Gasteiger partial charge on any atom is -0.355 e. The zero-order valence-electron chi connectivity index (χ0n) is 18.1. The Labute approximate surface area is 182 Å². The number of hydrogen-bond donors (Lipinski definition) is 1. The van der Waals surface area contributed by atoms with Gasteiger partial charge in [0, 0.05) is 13.1 Å². The van der Waals surface area contributed by atoms with Crippen molar-refractivity contribution < 1.29 is 22.4 Å². The Morgan fingerprint density at radius 2 is 1.81 bits per heavy atom. The van der Waals surface area contributed by atoms with E-state index in [0.717, 1.165) is 27.8 Å². The molecule has 9 heteroatoms. The summed E-state index contributed by atoms with van der Waals surface area (Å²) in [5.74, 6) is -1.74. The molecular weight excluding hydrogens is 421 g/mol. The summed E-state index contributed by atoms with van der Waals surface area (Å²) in [6, 6.07) is 11.9.